The summed E-state index contributed by atoms with van der Waals surface area (Å²) in [5.41, 5.74) is 1.96. The lowest BCUT2D eigenvalue weighted by Crippen LogP contribution is -2.44. The van der Waals surface area contributed by atoms with Crippen LogP contribution in [0.25, 0.3) is 0 Å². The van der Waals surface area contributed by atoms with Gasteiger partial charge in [0.25, 0.3) is 0 Å². The molecule has 0 saturated carbocycles. The molecule has 134 valence electrons. The first kappa shape index (κ1) is 18.5. The van der Waals surface area contributed by atoms with Gasteiger partial charge >= 0.3 is 12.0 Å². The largest absolute Gasteiger partial charge is 0.481 e. The molecule has 2 unspecified atom stereocenters. The van der Waals surface area contributed by atoms with Gasteiger partial charge < -0.3 is 15.7 Å². The summed E-state index contributed by atoms with van der Waals surface area (Å²) >= 11 is 0. The van der Waals surface area contributed by atoms with Crippen LogP contribution in [0.2, 0.25) is 0 Å². The zero-order valence-corrected chi connectivity index (χ0v) is 14.5. The van der Waals surface area contributed by atoms with Gasteiger partial charge in [0.05, 0.1) is 12.2 Å². The van der Waals surface area contributed by atoms with E-state index in [1.54, 1.807) is 10.9 Å². The molecule has 7 nitrogen and oxygen atoms in total. The Kier molecular flexibility index (Phi) is 6.56. The number of aliphatic carboxylic acids is 1. The highest BCUT2D eigenvalue weighted by atomic mass is 16.4. The molecule has 0 aliphatic rings. The van der Waals surface area contributed by atoms with Crippen LogP contribution in [0.4, 0.5) is 4.79 Å². The molecule has 0 saturated heterocycles. The monoisotopic (exact) mass is 344 g/mol. The van der Waals surface area contributed by atoms with E-state index in [4.69, 9.17) is 5.11 Å². The maximum Gasteiger partial charge on any atom is 0.315 e. The summed E-state index contributed by atoms with van der Waals surface area (Å²) in [6.07, 6.45) is 4.52. The summed E-state index contributed by atoms with van der Waals surface area (Å²) in [5, 5.41) is 18.8. The quantitative estimate of drug-likeness (QED) is 0.684. The number of hydrogen-bond acceptors (Lipinski definition) is 3. The van der Waals surface area contributed by atoms with E-state index < -0.39 is 5.97 Å². The van der Waals surface area contributed by atoms with Crippen LogP contribution in [0.15, 0.2) is 42.7 Å². The molecule has 2 atom stereocenters. The predicted molar refractivity (Wildman–Crippen MR) is 94.1 cm³/mol. The van der Waals surface area contributed by atoms with Gasteiger partial charge in [-0.1, -0.05) is 30.3 Å². The highest BCUT2D eigenvalue weighted by molar-refractivity contribution is 5.75. The van der Waals surface area contributed by atoms with E-state index in [9.17, 15) is 9.59 Å². The SMILES string of the molecule is CC(NC(=O)NC(CCC(=O)O)Cc1ccccc1)c1cnn(C)c1. The molecule has 2 aromatic rings. The van der Waals surface area contributed by atoms with Crippen molar-refractivity contribution in [1.82, 2.24) is 20.4 Å². The molecule has 0 radical (unpaired) electrons. The molecule has 0 fully saturated rings. The second-order valence-electron chi connectivity index (χ2n) is 6.11. The highest BCUT2D eigenvalue weighted by Gasteiger charge is 2.17. The van der Waals surface area contributed by atoms with Crippen LogP contribution in [0.3, 0.4) is 0 Å². The Balaban J connectivity index is 1.94. The number of carboxylic acids is 1. The van der Waals surface area contributed by atoms with Crippen molar-refractivity contribution in [1.29, 1.82) is 0 Å². The molecule has 7 heteroatoms. The summed E-state index contributed by atoms with van der Waals surface area (Å²) in [4.78, 5) is 23.2. The summed E-state index contributed by atoms with van der Waals surface area (Å²) in [6.45, 7) is 1.88. The number of nitrogens with zero attached hydrogens (tertiary/aromatic N) is 2. The van der Waals surface area contributed by atoms with Gasteiger partial charge in [0.1, 0.15) is 0 Å². The number of hydrogen-bond donors (Lipinski definition) is 3. The number of aryl methyl sites for hydroxylation is 1. The Bertz CT molecular complexity index is 699. The van der Waals surface area contributed by atoms with Crippen molar-refractivity contribution in [2.24, 2.45) is 7.05 Å². The molecule has 3 N–H and O–H groups in total. The summed E-state index contributed by atoms with van der Waals surface area (Å²) < 4.78 is 1.68. The molecule has 0 aliphatic heterocycles. The minimum atomic E-state index is -0.871. The first-order valence-corrected chi connectivity index (χ1v) is 8.25. The number of urea groups is 1. The first-order chi connectivity index (χ1) is 11.9. The molecular weight excluding hydrogens is 320 g/mol. The number of carboxylic acid groups (broad SMARTS) is 1. The number of benzene rings is 1. The molecular formula is C18H24N4O3. The molecule has 2 rings (SSSR count). The van der Waals surface area contributed by atoms with E-state index in [1.807, 2.05) is 50.5 Å². The van der Waals surface area contributed by atoms with Gasteiger partial charge in [0, 0.05) is 31.3 Å². The number of carbonyl (C=O) groups excluding carboxylic acids is 1. The van der Waals surface area contributed by atoms with Crippen molar-refractivity contribution >= 4 is 12.0 Å². The van der Waals surface area contributed by atoms with Gasteiger partial charge in [-0.2, -0.15) is 5.10 Å². The van der Waals surface area contributed by atoms with Crippen LogP contribution in [0.1, 0.15) is 36.9 Å². The maximum atomic E-state index is 12.3. The molecule has 0 spiro atoms. The maximum absolute atomic E-state index is 12.3. The second-order valence-corrected chi connectivity index (χ2v) is 6.11. The number of aromatic nitrogens is 2. The number of carbonyl (C=O) groups is 2. The van der Waals surface area contributed by atoms with Crippen molar-refractivity contribution < 1.29 is 14.7 Å². The van der Waals surface area contributed by atoms with Crippen LogP contribution in [0, 0.1) is 0 Å². The Hall–Kier alpha value is -2.83. The van der Waals surface area contributed by atoms with Crippen LogP contribution in [-0.2, 0) is 18.3 Å². The van der Waals surface area contributed by atoms with E-state index in [0.29, 0.717) is 12.8 Å². The zero-order chi connectivity index (χ0) is 18.2. The lowest BCUT2D eigenvalue weighted by atomic mass is 10.0. The summed E-state index contributed by atoms with van der Waals surface area (Å²) in [7, 11) is 1.82. The average Bonchev–Trinajstić information content (AvgIpc) is 3.00. The fourth-order valence-corrected chi connectivity index (χ4v) is 2.59. The van der Waals surface area contributed by atoms with Gasteiger partial charge in [-0.05, 0) is 25.3 Å². The molecule has 0 aliphatic carbocycles. The van der Waals surface area contributed by atoms with Crippen LogP contribution in [0.5, 0.6) is 0 Å². The molecule has 2 amide bonds. The lowest BCUT2D eigenvalue weighted by molar-refractivity contribution is -0.137. The third kappa shape index (κ3) is 6.29. The Morgan fingerprint density at radius 1 is 1.24 bits per heavy atom. The third-order valence-corrected chi connectivity index (χ3v) is 3.94. The Morgan fingerprint density at radius 2 is 1.96 bits per heavy atom. The highest BCUT2D eigenvalue weighted by Crippen LogP contribution is 2.11. The van der Waals surface area contributed by atoms with Gasteiger partial charge in [-0.3, -0.25) is 9.48 Å². The van der Waals surface area contributed by atoms with Gasteiger partial charge in [0.2, 0.25) is 0 Å². The zero-order valence-electron chi connectivity index (χ0n) is 14.5. The van der Waals surface area contributed by atoms with Gasteiger partial charge in [-0.25, -0.2) is 4.79 Å². The van der Waals surface area contributed by atoms with Crippen molar-refractivity contribution in [3.8, 4) is 0 Å². The van der Waals surface area contributed by atoms with Crippen LogP contribution in [-0.4, -0.2) is 32.9 Å². The van der Waals surface area contributed by atoms with E-state index in [2.05, 4.69) is 15.7 Å². The van der Waals surface area contributed by atoms with Crippen LogP contribution < -0.4 is 10.6 Å². The Morgan fingerprint density at radius 3 is 2.56 bits per heavy atom. The molecule has 1 aromatic heterocycles. The standard InChI is InChI=1S/C18H24N4O3/c1-13(15-11-19-22(2)12-15)20-18(25)21-16(8-9-17(23)24)10-14-6-4-3-5-7-14/h3-7,11-13,16H,8-10H2,1-2H3,(H,23,24)(H2,20,21,25). The second kappa shape index (κ2) is 8.86. The minimum Gasteiger partial charge on any atom is -0.481 e. The normalized spacial score (nSPS) is 13.0. The minimum absolute atomic E-state index is 0.00986. The molecule has 25 heavy (non-hydrogen) atoms. The number of rotatable bonds is 8. The number of nitrogens with one attached hydrogen (secondary N) is 2. The van der Waals surface area contributed by atoms with Crippen molar-refractivity contribution in [2.45, 2.75) is 38.3 Å². The van der Waals surface area contributed by atoms with Crippen molar-refractivity contribution in [3.05, 3.63) is 53.9 Å². The van der Waals surface area contributed by atoms with Crippen molar-refractivity contribution in [3.63, 3.8) is 0 Å². The predicted octanol–water partition coefficient (Wildman–Crippen LogP) is 2.26. The van der Waals surface area contributed by atoms with Gasteiger partial charge in [0.15, 0.2) is 0 Å². The first-order valence-electron chi connectivity index (χ1n) is 8.25. The fraction of sp³-hybridized carbons (Fsp3) is 0.389. The van der Waals surface area contributed by atoms with Gasteiger partial charge in [-0.15, -0.1) is 0 Å². The van der Waals surface area contributed by atoms with E-state index in [1.165, 1.54) is 0 Å². The lowest BCUT2D eigenvalue weighted by Gasteiger charge is -2.20. The molecule has 1 heterocycles. The smallest absolute Gasteiger partial charge is 0.315 e. The number of amides is 2. The van der Waals surface area contributed by atoms with Crippen molar-refractivity contribution in [2.75, 3.05) is 0 Å². The van der Waals surface area contributed by atoms with E-state index in [-0.39, 0.29) is 24.5 Å². The van der Waals surface area contributed by atoms with Crippen LogP contribution >= 0.6 is 0 Å². The Labute approximate surface area is 147 Å². The summed E-state index contributed by atoms with van der Waals surface area (Å²) in [5.74, 6) is -0.871. The summed E-state index contributed by atoms with van der Waals surface area (Å²) in [6, 6.07) is 8.94. The van der Waals surface area contributed by atoms with E-state index in [0.717, 1.165) is 11.1 Å². The topological polar surface area (TPSA) is 96.2 Å². The molecule has 1 aromatic carbocycles. The third-order valence-electron chi connectivity index (χ3n) is 3.94. The fourth-order valence-electron chi connectivity index (χ4n) is 2.59. The molecule has 0 bridgehead atoms. The average molecular weight is 344 g/mol. The van der Waals surface area contributed by atoms with E-state index >= 15 is 0 Å².